The normalized spacial score (nSPS) is 11.2. The monoisotopic (exact) mass is 222 g/mol. The van der Waals surface area contributed by atoms with E-state index in [1.807, 2.05) is 12.1 Å². The van der Waals surface area contributed by atoms with Crippen LogP contribution in [0, 0.1) is 0 Å². The second kappa shape index (κ2) is 4.43. The number of benzene rings is 1. The van der Waals surface area contributed by atoms with Crippen molar-refractivity contribution in [2.45, 2.75) is 32.8 Å². The summed E-state index contributed by atoms with van der Waals surface area (Å²) in [6.45, 7) is 6.42. The topological polar surface area (TPSA) is 78.3 Å². The molecule has 0 unspecified atom stereocenters. The van der Waals surface area contributed by atoms with Crippen molar-refractivity contribution in [2.24, 2.45) is 5.73 Å². The van der Waals surface area contributed by atoms with Gasteiger partial charge in [-0.25, -0.2) is 4.79 Å². The van der Waals surface area contributed by atoms with Crippen LogP contribution >= 0.6 is 0 Å². The molecular weight excluding hydrogens is 204 g/mol. The lowest BCUT2D eigenvalue weighted by atomic mass is 9.83. The molecule has 88 valence electrons. The molecule has 0 fully saturated rings. The molecule has 4 heteroatoms. The van der Waals surface area contributed by atoms with Gasteiger partial charge >= 0.3 is 6.09 Å². The molecule has 1 amide bonds. The van der Waals surface area contributed by atoms with Crippen LogP contribution in [0.1, 0.15) is 31.9 Å². The molecule has 0 spiro atoms. The highest BCUT2D eigenvalue weighted by Crippen LogP contribution is 2.28. The largest absolute Gasteiger partial charge is 0.445 e. The fourth-order valence-electron chi connectivity index (χ4n) is 1.57. The van der Waals surface area contributed by atoms with Gasteiger partial charge in [0.1, 0.15) is 6.61 Å². The summed E-state index contributed by atoms with van der Waals surface area (Å²) in [4.78, 5) is 10.6. The summed E-state index contributed by atoms with van der Waals surface area (Å²) < 4.78 is 4.80. The summed E-state index contributed by atoms with van der Waals surface area (Å²) in [5.41, 5.74) is 13.3. The van der Waals surface area contributed by atoms with E-state index in [0.29, 0.717) is 5.69 Å². The predicted octanol–water partition coefficient (Wildman–Crippen LogP) is 2.16. The SMILES string of the molecule is CC(C)(C)c1cc(N)ccc1COC(N)=O. The van der Waals surface area contributed by atoms with Crippen LogP contribution in [0.5, 0.6) is 0 Å². The molecule has 1 aromatic carbocycles. The first-order valence-electron chi connectivity index (χ1n) is 5.12. The van der Waals surface area contributed by atoms with E-state index in [0.717, 1.165) is 11.1 Å². The highest BCUT2D eigenvalue weighted by atomic mass is 16.5. The standard InChI is InChI=1S/C12H18N2O2/c1-12(2,3)10-6-9(13)5-4-8(10)7-16-11(14)15/h4-6H,7,13H2,1-3H3,(H2,14,15). The second-order valence-electron chi connectivity index (χ2n) is 4.77. The molecule has 0 bridgehead atoms. The Labute approximate surface area is 95.6 Å². The number of hydrogen-bond acceptors (Lipinski definition) is 3. The molecule has 0 radical (unpaired) electrons. The summed E-state index contributed by atoms with van der Waals surface area (Å²) >= 11 is 0. The molecule has 16 heavy (non-hydrogen) atoms. The predicted molar refractivity (Wildman–Crippen MR) is 63.9 cm³/mol. The Morgan fingerprint density at radius 3 is 2.50 bits per heavy atom. The average molecular weight is 222 g/mol. The molecule has 0 heterocycles. The van der Waals surface area contributed by atoms with E-state index in [1.165, 1.54) is 0 Å². The number of ether oxygens (including phenoxy) is 1. The molecule has 4 N–H and O–H groups in total. The number of amides is 1. The van der Waals surface area contributed by atoms with Crippen LogP contribution in [0.3, 0.4) is 0 Å². The minimum absolute atomic E-state index is 0.0499. The lowest BCUT2D eigenvalue weighted by molar-refractivity contribution is 0.149. The van der Waals surface area contributed by atoms with Crippen LogP contribution < -0.4 is 11.5 Å². The minimum atomic E-state index is -0.767. The highest BCUT2D eigenvalue weighted by molar-refractivity contribution is 5.64. The van der Waals surface area contributed by atoms with Crippen molar-refractivity contribution < 1.29 is 9.53 Å². The Kier molecular flexibility index (Phi) is 3.42. The number of rotatable bonds is 2. The summed E-state index contributed by atoms with van der Waals surface area (Å²) in [5, 5.41) is 0. The zero-order valence-corrected chi connectivity index (χ0v) is 9.91. The van der Waals surface area contributed by atoms with Crippen LogP contribution in [0.25, 0.3) is 0 Å². The van der Waals surface area contributed by atoms with Crippen molar-refractivity contribution >= 4 is 11.8 Å². The molecular formula is C12H18N2O2. The second-order valence-corrected chi connectivity index (χ2v) is 4.77. The minimum Gasteiger partial charge on any atom is -0.445 e. The van der Waals surface area contributed by atoms with Crippen LogP contribution in [0.2, 0.25) is 0 Å². The Bertz CT molecular complexity index is 394. The van der Waals surface area contributed by atoms with Crippen molar-refractivity contribution in [3.05, 3.63) is 29.3 Å². The van der Waals surface area contributed by atoms with Gasteiger partial charge in [-0.1, -0.05) is 26.8 Å². The molecule has 0 atom stereocenters. The van der Waals surface area contributed by atoms with Crippen LogP contribution in [-0.4, -0.2) is 6.09 Å². The van der Waals surface area contributed by atoms with E-state index < -0.39 is 6.09 Å². The summed E-state index contributed by atoms with van der Waals surface area (Å²) in [6.07, 6.45) is -0.767. The molecule has 0 aliphatic heterocycles. The highest BCUT2D eigenvalue weighted by Gasteiger charge is 2.18. The summed E-state index contributed by atoms with van der Waals surface area (Å²) in [7, 11) is 0. The Morgan fingerprint density at radius 1 is 1.38 bits per heavy atom. The quantitative estimate of drug-likeness (QED) is 0.752. The van der Waals surface area contributed by atoms with Gasteiger partial charge < -0.3 is 16.2 Å². The van der Waals surface area contributed by atoms with E-state index in [-0.39, 0.29) is 12.0 Å². The fraction of sp³-hybridized carbons (Fsp3) is 0.417. The molecule has 0 aliphatic carbocycles. The number of primary amides is 1. The first-order valence-corrected chi connectivity index (χ1v) is 5.12. The van der Waals surface area contributed by atoms with Crippen molar-refractivity contribution in [3.8, 4) is 0 Å². The summed E-state index contributed by atoms with van der Waals surface area (Å²) in [6, 6.07) is 5.55. The molecule has 0 aromatic heterocycles. The zero-order chi connectivity index (χ0) is 12.3. The van der Waals surface area contributed by atoms with Crippen LogP contribution in [0.4, 0.5) is 10.5 Å². The van der Waals surface area contributed by atoms with E-state index in [1.54, 1.807) is 6.07 Å². The van der Waals surface area contributed by atoms with E-state index >= 15 is 0 Å². The number of nitrogen functional groups attached to an aromatic ring is 1. The van der Waals surface area contributed by atoms with Crippen molar-refractivity contribution in [2.75, 3.05) is 5.73 Å². The number of hydrogen-bond donors (Lipinski definition) is 2. The third-order valence-corrected chi connectivity index (χ3v) is 2.31. The first kappa shape index (κ1) is 12.4. The van der Waals surface area contributed by atoms with Crippen LogP contribution in [0.15, 0.2) is 18.2 Å². The van der Waals surface area contributed by atoms with Gasteiger partial charge in [-0.2, -0.15) is 0 Å². The molecule has 1 rings (SSSR count). The Morgan fingerprint density at radius 2 is 2.00 bits per heavy atom. The van der Waals surface area contributed by atoms with Crippen molar-refractivity contribution in [1.29, 1.82) is 0 Å². The van der Waals surface area contributed by atoms with E-state index in [2.05, 4.69) is 20.8 Å². The van der Waals surface area contributed by atoms with Crippen molar-refractivity contribution in [1.82, 2.24) is 0 Å². The van der Waals surface area contributed by atoms with Gasteiger partial charge in [0.05, 0.1) is 0 Å². The number of carbonyl (C=O) groups is 1. The molecule has 0 saturated carbocycles. The Hall–Kier alpha value is -1.71. The maximum Gasteiger partial charge on any atom is 0.404 e. The number of nitrogens with two attached hydrogens (primary N) is 2. The van der Waals surface area contributed by atoms with Crippen molar-refractivity contribution in [3.63, 3.8) is 0 Å². The lowest BCUT2D eigenvalue weighted by Gasteiger charge is -2.23. The average Bonchev–Trinajstić information content (AvgIpc) is 2.14. The van der Waals surface area contributed by atoms with Gasteiger partial charge in [-0.05, 0) is 28.7 Å². The Balaban J connectivity index is 3.03. The zero-order valence-electron chi connectivity index (χ0n) is 9.91. The first-order chi connectivity index (χ1) is 7.30. The molecule has 0 aliphatic rings. The van der Waals surface area contributed by atoms with Gasteiger partial charge in [-0.15, -0.1) is 0 Å². The molecule has 1 aromatic rings. The van der Waals surface area contributed by atoms with Gasteiger partial charge in [0.2, 0.25) is 0 Å². The number of anilines is 1. The van der Waals surface area contributed by atoms with Gasteiger partial charge in [0.15, 0.2) is 0 Å². The summed E-state index contributed by atoms with van der Waals surface area (Å²) in [5.74, 6) is 0. The molecule has 4 nitrogen and oxygen atoms in total. The van der Waals surface area contributed by atoms with Crippen LogP contribution in [-0.2, 0) is 16.8 Å². The third-order valence-electron chi connectivity index (χ3n) is 2.31. The maximum absolute atomic E-state index is 10.6. The van der Waals surface area contributed by atoms with E-state index in [9.17, 15) is 4.79 Å². The number of carbonyl (C=O) groups excluding carboxylic acids is 1. The fourth-order valence-corrected chi connectivity index (χ4v) is 1.57. The third kappa shape index (κ3) is 3.15. The lowest BCUT2D eigenvalue weighted by Crippen LogP contribution is -2.18. The molecule has 0 saturated heterocycles. The maximum atomic E-state index is 10.6. The van der Waals surface area contributed by atoms with Gasteiger partial charge in [-0.3, -0.25) is 0 Å². The van der Waals surface area contributed by atoms with E-state index in [4.69, 9.17) is 16.2 Å². The van der Waals surface area contributed by atoms with Gasteiger partial charge in [0, 0.05) is 5.69 Å². The smallest absolute Gasteiger partial charge is 0.404 e. The van der Waals surface area contributed by atoms with Gasteiger partial charge in [0.25, 0.3) is 0 Å².